The summed E-state index contributed by atoms with van der Waals surface area (Å²) in [6, 6.07) is -0.620. The first-order chi connectivity index (χ1) is 5.97. The van der Waals surface area contributed by atoms with E-state index in [4.69, 9.17) is 5.73 Å². The maximum Gasteiger partial charge on any atom is 0.147 e. The molecule has 1 atom stereocenters. The summed E-state index contributed by atoms with van der Waals surface area (Å²) in [6.07, 6.45) is 0.920. The summed E-state index contributed by atoms with van der Waals surface area (Å²) in [5.74, 6) is 0. The van der Waals surface area contributed by atoms with E-state index in [1.54, 1.807) is 13.8 Å². The highest BCUT2D eigenvalue weighted by molar-refractivity contribution is 14.1. The van der Waals surface area contributed by atoms with E-state index in [1.165, 1.54) is 23.0 Å². The van der Waals surface area contributed by atoms with Crippen LogP contribution in [0.4, 0.5) is 0 Å². The van der Waals surface area contributed by atoms with Crippen molar-refractivity contribution in [3.05, 3.63) is 4.91 Å². The van der Waals surface area contributed by atoms with Crippen molar-refractivity contribution in [3.8, 4) is 0 Å². The summed E-state index contributed by atoms with van der Waals surface area (Å²) in [6.45, 7) is 3.41. The van der Waals surface area contributed by atoms with Crippen LogP contribution in [0, 0.1) is 4.91 Å². The van der Waals surface area contributed by atoms with Gasteiger partial charge in [0.2, 0.25) is 0 Å². The number of carbonyl (C=O) groups excluding carboxylic acids is 1. The van der Waals surface area contributed by atoms with Crippen molar-refractivity contribution in [1.29, 1.82) is 0 Å². The van der Waals surface area contributed by atoms with E-state index in [2.05, 4.69) is 8.45 Å². The molecule has 0 bridgehead atoms. The van der Waals surface area contributed by atoms with Gasteiger partial charge in [0.15, 0.2) is 0 Å². The van der Waals surface area contributed by atoms with Gasteiger partial charge >= 0.3 is 0 Å². The van der Waals surface area contributed by atoms with Gasteiger partial charge in [-0.05, 0) is 20.3 Å². The lowest BCUT2D eigenvalue weighted by molar-refractivity contribution is -0.116. The first-order valence-electron chi connectivity index (χ1n) is 3.61. The van der Waals surface area contributed by atoms with Crippen molar-refractivity contribution in [2.24, 2.45) is 11.0 Å². The molecule has 0 saturated heterocycles. The molecule has 1 unspecified atom stereocenters. The van der Waals surface area contributed by atoms with Gasteiger partial charge in [0.1, 0.15) is 29.3 Å². The van der Waals surface area contributed by atoms with Crippen molar-refractivity contribution in [2.75, 3.05) is 0 Å². The fourth-order valence-corrected chi connectivity index (χ4v) is 1.52. The lowest BCUT2D eigenvalue weighted by atomic mass is 9.97. The van der Waals surface area contributed by atoms with Crippen LogP contribution in [-0.2, 0) is 7.96 Å². The van der Waals surface area contributed by atoms with E-state index in [1.807, 2.05) is 0 Å². The minimum absolute atomic E-state index is 0.297. The van der Waals surface area contributed by atoms with Crippen LogP contribution in [0.5, 0.6) is 0 Å². The Kier molecular flexibility index (Phi) is 5.33. The van der Waals surface area contributed by atoms with Crippen molar-refractivity contribution in [2.45, 2.75) is 31.8 Å². The quantitative estimate of drug-likeness (QED) is 0.342. The second-order valence-corrected chi connectivity index (χ2v) is 3.63. The molecule has 76 valence electrons. The molecule has 0 aliphatic heterocycles. The predicted octanol–water partition coefficient (Wildman–Crippen LogP) is 0.946. The third-order valence-electron chi connectivity index (χ3n) is 1.57. The second kappa shape index (κ2) is 5.45. The molecular weight excluding hydrogens is 289 g/mol. The molecule has 0 radical (unpaired) electrons. The molecule has 7 heteroatoms. The van der Waals surface area contributed by atoms with Gasteiger partial charge in [-0.15, -0.1) is 10.1 Å². The number of hydroxylamine groups is 1. The Morgan fingerprint density at radius 1 is 1.77 bits per heavy atom. The molecule has 0 aromatic heterocycles. The minimum atomic E-state index is -0.691. The smallest absolute Gasteiger partial charge is 0.147 e. The fourth-order valence-electron chi connectivity index (χ4n) is 0.920. The van der Waals surface area contributed by atoms with E-state index in [-0.39, 0.29) is 0 Å². The third kappa shape index (κ3) is 3.96. The first-order valence-corrected chi connectivity index (χ1v) is 4.49. The summed E-state index contributed by atoms with van der Waals surface area (Å²) in [7, 11) is 0. The topological polar surface area (TPSA) is 85.0 Å². The van der Waals surface area contributed by atoms with E-state index in [0.717, 1.165) is 5.17 Å². The predicted molar refractivity (Wildman–Crippen MR) is 55.5 cm³/mol. The van der Waals surface area contributed by atoms with Crippen LogP contribution in [0.2, 0.25) is 0 Å². The number of aldehydes is 1. The highest BCUT2D eigenvalue weighted by Gasteiger charge is 2.30. The average molecular weight is 301 g/mol. The standard InChI is InChI=1S/C6H12IN3O3/c1-6(2,3-5(8)4-11)10(9-12)13-7/h4-5H,3,8H2,1-2H3. The van der Waals surface area contributed by atoms with E-state index < -0.39 is 11.6 Å². The Morgan fingerprint density at radius 3 is 2.62 bits per heavy atom. The van der Waals surface area contributed by atoms with Gasteiger partial charge in [0.25, 0.3) is 0 Å². The first kappa shape index (κ1) is 12.7. The molecule has 0 heterocycles. The summed E-state index contributed by atoms with van der Waals surface area (Å²) in [5, 5.41) is 3.52. The Labute approximate surface area is 90.4 Å². The normalized spacial score (nSPS) is 13.5. The van der Waals surface area contributed by atoms with Gasteiger partial charge in [-0.25, -0.2) is 0 Å². The molecule has 13 heavy (non-hydrogen) atoms. The summed E-state index contributed by atoms with van der Waals surface area (Å²) < 4.78 is 4.66. The number of carbonyl (C=O) groups is 1. The van der Waals surface area contributed by atoms with E-state index >= 15 is 0 Å². The van der Waals surface area contributed by atoms with Crippen LogP contribution < -0.4 is 5.73 Å². The maximum absolute atomic E-state index is 10.3. The van der Waals surface area contributed by atoms with Crippen LogP contribution in [0.15, 0.2) is 5.29 Å². The van der Waals surface area contributed by atoms with Crippen molar-refractivity contribution < 1.29 is 7.96 Å². The zero-order valence-electron chi connectivity index (χ0n) is 7.44. The monoisotopic (exact) mass is 301 g/mol. The number of hydrogen-bond donors (Lipinski definition) is 1. The molecule has 0 aliphatic rings. The summed E-state index contributed by atoms with van der Waals surface area (Å²) >= 11 is 1.54. The van der Waals surface area contributed by atoms with E-state index in [0.29, 0.717) is 12.7 Å². The average Bonchev–Trinajstić information content (AvgIpc) is 2.05. The van der Waals surface area contributed by atoms with Crippen LogP contribution >= 0.6 is 23.0 Å². The molecule has 0 amide bonds. The second-order valence-electron chi connectivity index (χ2n) is 3.24. The number of halogens is 1. The van der Waals surface area contributed by atoms with Crippen LogP contribution in [0.1, 0.15) is 20.3 Å². The SMILES string of the molecule is CC(C)(CC(N)C=O)N(N=O)OI. The maximum atomic E-state index is 10.3. The van der Waals surface area contributed by atoms with Crippen LogP contribution in [0.3, 0.4) is 0 Å². The molecule has 0 aromatic rings. The zero-order chi connectivity index (χ0) is 10.5. The fraction of sp³-hybridized carbons (Fsp3) is 0.833. The summed E-state index contributed by atoms with van der Waals surface area (Å²) in [4.78, 5) is 20.6. The molecule has 0 spiro atoms. The number of rotatable bonds is 6. The highest BCUT2D eigenvalue weighted by Crippen LogP contribution is 2.21. The van der Waals surface area contributed by atoms with Crippen LogP contribution in [-0.4, -0.2) is 23.0 Å². The van der Waals surface area contributed by atoms with Gasteiger partial charge in [-0.2, -0.15) is 3.17 Å². The molecule has 2 N–H and O–H groups in total. The van der Waals surface area contributed by atoms with Gasteiger partial charge in [-0.1, -0.05) is 0 Å². The highest BCUT2D eigenvalue weighted by atomic mass is 127. The summed E-state index contributed by atoms with van der Waals surface area (Å²) in [5.41, 5.74) is 4.72. The van der Waals surface area contributed by atoms with Crippen LogP contribution in [0.25, 0.3) is 0 Å². The molecule has 0 aliphatic carbocycles. The Morgan fingerprint density at radius 2 is 2.31 bits per heavy atom. The van der Waals surface area contributed by atoms with Gasteiger partial charge in [0, 0.05) is 0 Å². The molecule has 0 saturated carbocycles. The number of nitrogens with zero attached hydrogens (tertiary/aromatic N) is 2. The lowest BCUT2D eigenvalue weighted by Gasteiger charge is -2.30. The van der Waals surface area contributed by atoms with Gasteiger partial charge < -0.3 is 10.5 Å². The van der Waals surface area contributed by atoms with E-state index in [9.17, 15) is 9.70 Å². The number of nitroso groups, excluding NO2 is 1. The lowest BCUT2D eigenvalue weighted by Crippen LogP contribution is -2.43. The number of nitrogens with two attached hydrogens (primary N) is 1. The van der Waals surface area contributed by atoms with Crippen molar-refractivity contribution in [3.63, 3.8) is 0 Å². The largest absolute Gasteiger partial charge is 0.322 e. The Hall–Kier alpha value is -0.280. The molecule has 6 nitrogen and oxygen atoms in total. The van der Waals surface area contributed by atoms with Gasteiger partial charge in [-0.3, -0.25) is 0 Å². The molecule has 0 rings (SSSR count). The molecule has 0 aromatic carbocycles. The van der Waals surface area contributed by atoms with Gasteiger partial charge in [0.05, 0.1) is 16.9 Å². The third-order valence-corrected chi connectivity index (χ3v) is 1.94. The zero-order valence-corrected chi connectivity index (χ0v) is 9.59. The molecular formula is C6H12IN3O3. The van der Waals surface area contributed by atoms with Crippen molar-refractivity contribution in [1.82, 2.24) is 5.17 Å². The number of hydrogen-bond acceptors (Lipinski definition) is 5. The molecule has 0 fully saturated rings. The Bertz CT molecular complexity index is 188. The Balaban J connectivity index is 4.34. The van der Waals surface area contributed by atoms with Crippen molar-refractivity contribution >= 4 is 29.3 Å². The minimum Gasteiger partial charge on any atom is -0.322 e.